The van der Waals surface area contributed by atoms with Gasteiger partial charge in [-0.25, -0.2) is 4.79 Å². The molecule has 0 radical (unpaired) electrons. The van der Waals surface area contributed by atoms with E-state index in [-0.39, 0.29) is 12.2 Å². The number of piperidine rings is 1. The van der Waals surface area contributed by atoms with Gasteiger partial charge in [-0.1, -0.05) is 0 Å². The highest BCUT2D eigenvalue weighted by Crippen LogP contribution is 2.23. The first-order valence-corrected chi connectivity index (χ1v) is 6.66. The van der Waals surface area contributed by atoms with Crippen molar-refractivity contribution in [1.82, 2.24) is 9.80 Å². The minimum absolute atomic E-state index is 0.208. The summed E-state index contributed by atoms with van der Waals surface area (Å²) >= 11 is 0. The number of carbonyl (C=O) groups is 1. The first kappa shape index (κ1) is 13.6. The molecule has 5 nitrogen and oxygen atoms in total. The zero-order chi connectivity index (χ0) is 13.3. The van der Waals surface area contributed by atoms with Crippen LogP contribution in [0.25, 0.3) is 0 Å². The molecule has 0 aromatic rings. The molecule has 0 bridgehead atoms. The van der Waals surface area contributed by atoms with Gasteiger partial charge in [-0.05, 0) is 34.2 Å². The summed E-state index contributed by atoms with van der Waals surface area (Å²) < 4.78 is 11.2. The van der Waals surface area contributed by atoms with Crippen LogP contribution >= 0.6 is 0 Å². The third-order valence-electron chi connectivity index (χ3n) is 3.51. The summed E-state index contributed by atoms with van der Waals surface area (Å²) in [5.74, 6) is 0. The molecule has 5 heteroatoms. The molecular formula is C13H24N2O3. The molecule has 18 heavy (non-hydrogen) atoms. The molecule has 1 amide bonds. The Balaban J connectivity index is 1.94. The quantitative estimate of drug-likeness (QED) is 0.655. The number of carbonyl (C=O) groups excluding carboxylic acids is 1. The van der Waals surface area contributed by atoms with Gasteiger partial charge in [-0.2, -0.15) is 0 Å². The second-order valence-electron chi connectivity index (χ2n) is 6.17. The zero-order valence-corrected chi connectivity index (χ0v) is 11.8. The Morgan fingerprint density at radius 1 is 1.33 bits per heavy atom. The lowest BCUT2D eigenvalue weighted by Crippen LogP contribution is -2.60. The molecule has 2 atom stereocenters. The molecule has 0 spiro atoms. The van der Waals surface area contributed by atoms with Gasteiger partial charge in [-0.15, -0.1) is 0 Å². The Labute approximate surface area is 109 Å². The molecule has 0 saturated carbocycles. The summed E-state index contributed by atoms with van der Waals surface area (Å²) in [6.07, 6.45) is 0.955. The number of fused-ring (bicyclic) bond motifs is 1. The fourth-order valence-corrected chi connectivity index (χ4v) is 2.53. The molecule has 2 aliphatic heterocycles. The van der Waals surface area contributed by atoms with Gasteiger partial charge >= 0.3 is 6.09 Å². The van der Waals surface area contributed by atoms with Gasteiger partial charge in [0, 0.05) is 19.6 Å². The van der Waals surface area contributed by atoms with E-state index in [0.717, 1.165) is 26.1 Å². The van der Waals surface area contributed by atoms with Crippen LogP contribution in [-0.4, -0.2) is 66.9 Å². The van der Waals surface area contributed by atoms with Crippen LogP contribution in [0.3, 0.4) is 0 Å². The number of likely N-dealkylation sites (N-methyl/N-ethyl adjacent to an activating group) is 1. The first-order chi connectivity index (χ1) is 8.37. The zero-order valence-electron chi connectivity index (χ0n) is 11.8. The van der Waals surface area contributed by atoms with Gasteiger partial charge in [0.25, 0.3) is 0 Å². The highest BCUT2D eigenvalue weighted by atomic mass is 16.6. The molecule has 2 rings (SSSR count). The van der Waals surface area contributed by atoms with E-state index >= 15 is 0 Å². The third kappa shape index (κ3) is 3.14. The maximum Gasteiger partial charge on any atom is 0.410 e. The monoisotopic (exact) mass is 256 g/mol. The van der Waals surface area contributed by atoms with Crippen molar-refractivity contribution in [2.24, 2.45) is 0 Å². The van der Waals surface area contributed by atoms with Crippen molar-refractivity contribution in [2.75, 3.05) is 33.3 Å². The minimum Gasteiger partial charge on any atom is -0.444 e. The maximum atomic E-state index is 12.0. The van der Waals surface area contributed by atoms with Gasteiger partial charge in [0.1, 0.15) is 5.60 Å². The summed E-state index contributed by atoms with van der Waals surface area (Å²) in [7, 11) is 2.10. The van der Waals surface area contributed by atoms with Crippen LogP contribution in [0.4, 0.5) is 4.79 Å². The van der Waals surface area contributed by atoms with Gasteiger partial charge in [0.2, 0.25) is 0 Å². The lowest BCUT2D eigenvalue weighted by molar-refractivity contribution is -0.0945. The highest BCUT2D eigenvalue weighted by Gasteiger charge is 2.37. The van der Waals surface area contributed by atoms with Gasteiger partial charge in [0.15, 0.2) is 0 Å². The summed E-state index contributed by atoms with van der Waals surface area (Å²) in [5, 5.41) is 0. The van der Waals surface area contributed by atoms with E-state index in [4.69, 9.17) is 9.47 Å². The normalized spacial score (nSPS) is 29.9. The Kier molecular flexibility index (Phi) is 3.82. The largest absolute Gasteiger partial charge is 0.444 e. The average molecular weight is 256 g/mol. The van der Waals surface area contributed by atoms with E-state index in [1.165, 1.54) is 0 Å². The van der Waals surface area contributed by atoms with Crippen LogP contribution in [-0.2, 0) is 9.47 Å². The van der Waals surface area contributed by atoms with Crippen LogP contribution < -0.4 is 0 Å². The number of rotatable bonds is 0. The molecule has 2 fully saturated rings. The minimum atomic E-state index is -0.428. The van der Waals surface area contributed by atoms with E-state index in [2.05, 4.69) is 11.9 Å². The average Bonchev–Trinajstić information content (AvgIpc) is 2.27. The number of likely N-dealkylation sites (tertiary alicyclic amines) is 1. The van der Waals surface area contributed by atoms with Crippen LogP contribution in [0.15, 0.2) is 0 Å². The molecular weight excluding hydrogens is 232 g/mol. The SMILES string of the molecule is CN1CCOC2CCN(C(=O)OC(C)(C)C)CC21. The van der Waals surface area contributed by atoms with Crippen molar-refractivity contribution < 1.29 is 14.3 Å². The van der Waals surface area contributed by atoms with Gasteiger partial charge in [-0.3, -0.25) is 4.90 Å². The molecule has 0 N–H and O–H groups in total. The lowest BCUT2D eigenvalue weighted by Gasteiger charge is -2.45. The summed E-state index contributed by atoms with van der Waals surface area (Å²) in [6.45, 7) is 8.85. The van der Waals surface area contributed by atoms with Crippen molar-refractivity contribution in [2.45, 2.75) is 44.9 Å². The predicted octanol–water partition coefficient (Wildman–Crippen LogP) is 1.33. The number of morpholine rings is 1. The molecule has 0 aliphatic carbocycles. The predicted molar refractivity (Wildman–Crippen MR) is 68.6 cm³/mol. The number of nitrogens with zero attached hydrogens (tertiary/aromatic N) is 2. The number of amides is 1. The number of ether oxygens (including phenoxy) is 2. The summed E-state index contributed by atoms with van der Waals surface area (Å²) in [4.78, 5) is 16.1. The smallest absolute Gasteiger partial charge is 0.410 e. The second kappa shape index (κ2) is 5.05. The number of hydrogen-bond donors (Lipinski definition) is 0. The topological polar surface area (TPSA) is 42.0 Å². The van der Waals surface area contributed by atoms with Crippen LogP contribution in [0.1, 0.15) is 27.2 Å². The van der Waals surface area contributed by atoms with Crippen LogP contribution in [0.5, 0.6) is 0 Å². The van der Waals surface area contributed by atoms with Crippen LogP contribution in [0.2, 0.25) is 0 Å². The molecule has 0 aromatic carbocycles. The maximum absolute atomic E-state index is 12.0. The van der Waals surface area contributed by atoms with E-state index in [1.54, 1.807) is 4.90 Å². The van der Waals surface area contributed by atoms with E-state index in [9.17, 15) is 4.79 Å². The van der Waals surface area contributed by atoms with E-state index in [1.807, 2.05) is 20.8 Å². The molecule has 2 aliphatic rings. The van der Waals surface area contributed by atoms with E-state index < -0.39 is 5.60 Å². The Bertz CT molecular complexity index is 314. The fraction of sp³-hybridized carbons (Fsp3) is 0.923. The molecule has 2 saturated heterocycles. The summed E-state index contributed by atoms with van der Waals surface area (Å²) in [5.41, 5.74) is -0.428. The first-order valence-electron chi connectivity index (χ1n) is 6.66. The fourth-order valence-electron chi connectivity index (χ4n) is 2.53. The van der Waals surface area contributed by atoms with Crippen LogP contribution in [0, 0.1) is 0 Å². The summed E-state index contributed by atoms with van der Waals surface area (Å²) in [6, 6.07) is 0.306. The Hall–Kier alpha value is -0.810. The molecule has 0 aromatic heterocycles. The Morgan fingerprint density at radius 3 is 2.72 bits per heavy atom. The van der Waals surface area contributed by atoms with Gasteiger partial charge < -0.3 is 14.4 Å². The van der Waals surface area contributed by atoms with E-state index in [0.29, 0.717) is 12.6 Å². The Morgan fingerprint density at radius 2 is 2.06 bits per heavy atom. The van der Waals surface area contributed by atoms with Crippen molar-refractivity contribution in [3.63, 3.8) is 0 Å². The highest BCUT2D eigenvalue weighted by molar-refractivity contribution is 5.68. The molecule has 2 unspecified atom stereocenters. The third-order valence-corrected chi connectivity index (χ3v) is 3.51. The van der Waals surface area contributed by atoms with Gasteiger partial charge in [0.05, 0.1) is 18.8 Å². The molecule has 2 heterocycles. The standard InChI is InChI=1S/C13H24N2O3/c1-13(2,3)18-12(16)15-6-5-11-10(9-15)14(4)7-8-17-11/h10-11H,5-9H2,1-4H3. The van der Waals surface area contributed by atoms with Crippen molar-refractivity contribution in [3.8, 4) is 0 Å². The lowest BCUT2D eigenvalue weighted by atomic mass is 9.99. The number of hydrogen-bond acceptors (Lipinski definition) is 4. The molecule has 104 valence electrons. The van der Waals surface area contributed by atoms with Crippen molar-refractivity contribution >= 4 is 6.09 Å². The van der Waals surface area contributed by atoms with Crippen molar-refractivity contribution in [3.05, 3.63) is 0 Å². The second-order valence-corrected chi connectivity index (χ2v) is 6.17. The van der Waals surface area contributed by atoms with Crippen molar-refractivity contribution in [1.29, 1.82) is 0 Å².